The van der Waals surface area contributed by atoms with Gasteiger partial charge in [-0.25, -0.2) is 0 Å². The second-order valence-corrected chi connectivity index (χ2v) is 9.16. The average Bonchev–Trinajstić information content (AvgIpc) is 3.20. The molecule has 4 rings (SSSR count). The van der Waals surface area contributed by atoms with Crippen LogP contribution < -0.4 is 0 Å². The van der Waals surface area contributed by atoms with Gasteiger partial charge in [0.25, 0.3) is 5.69 Å². The first-order valence-electron chi connectivity index (χ1n) is 7.81. The van der Waals surface area contributed by atoms with Crippen LogP contribution >= 0.6 is 34.9 Å². The van der Waals surface area contributed by atoms with Crippen molar-refractivity contribution in [3.05, 3.63) is 73.6 Å². The molecule has 134 valence electrons. The molecule has 0 radical (unpaired) electrons. The van der Waals surface area contributed by atoms with E-state index >= 15 is 0 Å². The van der Waals surface area contributed by atoms with E-state index in [-0.39, 0.29) is 11.5 Å². The lowest BCUT2D eigenvalue weighted by Crippen LogP contribution is -1.95. The number of hydrogen-bond acceptors (Lipinski definition) is 8. The maximum absolute atomic E-state index is 12.5. The Balaban J connectivity index is 1.66. The van der Waals surface area contributed by atoms with Gasteiger partial charge in [-0.2, -0.15) is 0 Å². The van der Waals surface area contributed by atoms with E-state index in [1.165, 1.54) is 40.9 Å². The van der Waals surface area contributed by atoms with Gasteiger partial charge in [0.15, 0.2) is 4.34 Å². The Kier molecular flexibility index (Phi) is 4.81. The number of nitro benzene ring substituents is 1. The number of aryl methyl sites for hydroxylation is 1. The summed E-state index contributed by atoms with van der Waals surface area (Å²) in [6, 6.07) is 12.3. The minimum absolute atomic E-state index is 0.0184. The zero-order chi connectivity index (χ0) is 19.0. The van der Waals surface area contributed by atoms with Crippen LogP contribution in [0, 0.1) is 17.0 Å². The topological polar surface area (TPSA) is 86.0 Å². The number of benzene rings is 2. The molecule has 9 heteroatoms. The number of nitro groups is 1. The molecular weight excluding hydrogens is 402 g/mol. The van der Waals surface area contributed by atoms with E-state index in [0.717, 1.165) is 9.90 Å². The normalized spacial score (nSPS) is 14.6. The molecule has 0 atom stereocenters. The highest BCUT2D eigenvalue weighted by molar-refractivity contribution is 8.04. The van der Waals surface area contributed by atoms with Gasteiger partial charge < -0.3 is 0 Å². The Hall–Kier alpha value is -2.49. The van der Waals surface area contributed by atoms with E-state index < -0.39 is 4.92 Å². The third kappa shape index (κ3) is 3.66. The Morgan fingerprint density at radius 2 is 2.00 bits per heavy atom. The van der Waals surface area contributed by atoms with Crippen LogP contribution in [-0.4, -0.2) is 20.9 Å². The zero-order valence-corrected chi connectivity index (χ0v) is 16.4. The molecule has 0 bridgehead atoms. The van der Waals surface area contributed by atoms with Gasteiger partial charge in [0.1, 0.15) is 5.01 Å². The number of carbonyl (C=O) groups is 1. The molecule has 1 aliphatic rings. The van der Waals surface area contributed by atoms with Gasteiger partial charge in [-0.15, -0.1) is 10.2 Å². The lowest BCUT2D eigenvalue weighted by molar-refractivity contribution is -0.387. The predicted octanol–water partition coefficient (Wildman–Crippen LogP) is 5.24. The van der Waals surface area contributed by atoms with Crippen molar-refractivity contribution in [2.75, 3.05) is 0 Å². The minimum Gasteiger partial charge on any atom is -0.288 e. The molecule has 2 heterocycles. The first-order chi connectivity index (χ1) is 13.0. The van der Waals surface area contributed by atoms with Gasteiger partial charge >= 0.3 is 0 Å². The summed E-state index contributed by atoms with van der Waals surface area (Å²) in [6.07, 6.45) is 1.70. The molecule has 0 aliphatic carbocycles. The second kappa shape index (κ2) is 7.26. The summed E-state index contributed by atoms with van der Waals surface area (Å²) >= 11 is 3.98. The number of nitrogens with zero attached hydrogens (tertiary/aromatic N) is 3. The third-order valence-electron chi connectivity index (χ3n) is 3.76. The lowest BCUT2D eigenvalue weighted by Gasteiger charge is -2.02. The van der Waals surface area contributed by atoms with Crippen molar-refractivity contribution >= 4 is 52.4 Å². The molecule has 0 spiro atoms. The van der Waals surface area contributed by atoms with Gasteiger partial charge in [-0.1, -0.05) is 53.1 Å². The standard InChI is InChI=1S/C18H11N3O3S3/c1-10-19-20-18(25-10)27-15-7-6-11(8-13(15)21(23)24)9-16-17(22)12-4-2-3-5-14(12)26-16/h2-9H,1H3/b16-9-. The molecule has 0 N–H and O–H groups in total. The fourth-order valence-corrected chi connectivity index (χ4v) is 5.46. The monoisotopic (exact) mass is 413 g/mol. The average molecular weight is 414 g/mol. The first-order valence-corrected chi connectivity index (χ1v) is 10.3. The molecule has 0 amide bonds. The van der Waals surface area contributed by atoms with Crippen molar-refractivity contribution in [3.8, 4) is 0 Å². The van der Waals surface area contributed by atoms with Gasteiger partial charge in [0.05, 0.1) is 14.7 Å². The van der Waals surface area contributed by atoms with Crippen molar-refractivity contribution in [2.45, 2.75) is 21.1 Å². The molecule has 1 aliphatic heterocycles. The lowest BCUT2D eigenvalue weighted by atomic mass is 10.1. The fraction of sp³-hybridized carbons (Fsp3) is 0.0556. The van der Waals surface area contributed by atoms with Crippen LogP contribution in [0.25, 0.3) is 6.08 Å². The third-order valence-corrected chi connectivity index (χ3v) is 6.81. The Bertz CT molecular complexity index is 1110. The summed E-state index contributed by atoms with van der Waals surface area (Å²) < 4.78 is 0.652. The number of carbonyl (C=O) groups excluding carboxylic acids is 1. The highest BCUT2D eigenvalue weighted by atomic mass is 32.2. The molecule has 3 aromatic rings. The van der Waals surface area contributed by atoms with Crippen LogP contribution in [-0.2, 0) is 0 Å². The van der Waals surface area contributed by atoms with Crippen molar-refractivity contribution < 1.29 is 9.72 Å². The number of rotatable bonds is 4. The fourth-order valence-electron chi connectivity index (χ4n) is 2.55. The Morgan fingerprint density at radius 3 is 2.70 bits per heavy atom. The molecule has 0 unspecified atom stereocenters. The number of thioether (sulfide) groups is 1. The maximum atomic E-state index is 12.5. The maximum Gasteiger partial charge on any atom is 0.283 e. The molecule has 27 heavy (non-hydrogen) atoms. The van der Waals surface area contributed by atoms with Crippen LogP contribution in [0.4, 0.5) is 5.69 Å². The SMILES string of the molecule is Cc1nnc(Sc2ccc(/C=C3\Sc4ccccc4C3=O)cc2[N+](=O)[O-])s1. The smallest absolute Gasteiger partial charge is 0.283 e. The zero-order valence-electron chi connectivity index (χ0n) is 13.9. The summed E-state index contributed by atoms with van der Waals surface area (Å²) in [6.45, 7) is 1.83. The summed E-state index contributed by atoms with van der Waals surface area (Å²) in [5.74, 6) is -0.0546. The molecule has 6 nitrogen and oxygen atoms in total. The van der Waals surface area contributed by atoms with Gasteiger partial charge in [0, 0.05) is 16.5 Å². The number of allylic oxidation sites excluding steroid dienone is 1. The number of fused-ring (bicyclic) bond motifs is 1. The first kappa shape index (κ1) is 17.9. The van der Waals surface area contributed by atoms with E-state index in [1.807, 2.05) is 25.1 Å². The number of hydrogen-bond donors (Lipinski definition) is 0. The van der Waals surface area contributed by atoms with Crippen LogP contribution in [0.2, 0.25) is 0 Å². The van der Waals surface area contributed by atoms with E-state index in [9.17, 15) is 14.9 Å². The highest BCUT2D eigenvalue weighted by Crippen LogP contribution is 2.41. The Morgan fingerprint density at radius 1 is 1.19 bits per heavy atom. The summed E-state index contributed by atoms with van der Waals surface area (Å²) in [5.41, 5.74) is 1.26. The molecule has 0 saturated carbocycles. The quantitative estimate of drug-likeness (QED) is 0.328. The van der Waals surface area contributed by atoms with Gasteiger partial charge in [-0.3, -0.25) is 14.9 Å². The summed E-state index contributed by atoms with van der Waals surface area (Å²) in [4.78, 5) is 25.5. The van der Waals surface area contributed by atoms with E-state index in [0.29, 0.717) is 25.3 Å². The number of aromatic nitrogens is 2. The van der Waals surface area contributed by atoms with Crippen molar-refractivity contribution in [3.63, 3.8) is 0 Å². The molecular formula is C18H11N3O3S3. The van der Waals surface area contributed by atoms with Crippen molar-refractivity contribution in [1.82, 2.24) is 10.2 Å². The summed E-state index contributed by atoms with van der Waals surface area (Å²) in [5, 5.41) is 20.2. The van der Waals surface area contributed by atoms with Crippen LogP contribution in [0.3, 0.4) is 0 Å². The van der Waals surface area contributed by atoms with Crippen molar-refractivity contribution in [1.29, 1.82) is 0 Å². The van der Waals surface area contributed by atoms with Crippen LogP contribution in [0.15, 0.2) is 61.5 Å². The second-order valence-electron chi connectivity index (χ2n) is 5.61. The van der Waals surface area contributed by atoms with E-state index in [1.54, 1.807) is 24.3 Å². The van der Waals surface area contributed by atoms with Crippen LogP contribution in [0.1, 0.15) is 20.9 Å². The Labute approximate surface area is 166 Å². The number of ketones is 1. The van der Waals surface area contributed by atoms with E-state index in [2.05, 4.69) is 10.2 Å². The van der Waals surface area contributed by atoms with Gasteiger partial charge in [0.2, 0.25) is 5.78 Å². The number of Topliss-reactive ketones (excluding diaryl/α,β-unsaturated/α-hetero) is 1. The van der Waals surface area contributed by atoms with Gasteiger partial charge in [-0.05, 0) is 36.8 Å². The highest BCUT2D eigenvalue weighted by Gasteiger charge is 2.25. The molecule has 0 saturated heterocycles. The largest absolute Gasteiger partial charge is 0.288 e. The minimum atomic E-state index is -0.420. The van der Waals surface area contributed by atoms with E-state index in [4.69, 9.17) is 0 Å². The molecule has 0 fully saturated rings. The van der Waals surface area contributed by atoms with Crippen molar-refractivity contribution in [2.24, 2.45) is 0 Å². The predicted molar refractivity (Wildman–Crippen MR) is 106 cm³/mol. The van der Waals surface area contributed by atoms with Crippen LogP contribution in [0.5, 0.6) is 0 Å². The molecule has 1 aromatic heterocycles. The summed E-state index contributed by atoms with van der Waals surface area (Å²) in [7, 11) is 0. The molecule has 2 aromatic carbocycles.